The third-order valence-electron chi connectivity index (χ3n) is 2.57. The average Bonchev–Trinajstić information content (AvgIpc) is 2.73. The van der Waals surface area contributed by atoms with Crippen molar-refractivity contribution < 1.29 is 9.90 Å². The molecule has 1 heterocycles. The van der Waals surface area contributed by atoms with Crippen LogP contribution in [0.3, 0.4) is 0 Å². The SMILES string of the molecule is Cc1csc(CNc2ccc(C(=O)O)cc2C)n1. The van der Waals surface area contributed by atoms with E-state index >= 15 is 0 Å². The molecular formula is C13H14N2O2S. The second kappa shape index (κ2) is 5.18. The summed E-state index contributed by atoms with van der Waals surface area (Å²) in [6, 6.07) is 5.06. The number of aryl methyl sites for hydroxylation is 2. The first-order valence-corrected chi connectivity index (χ1v) is 6.43. The fourth-order valence-electron chi connectivity index (χ4n) is 1.65. The van der Waals surface area contributed by atoms with Gasteiger partial charge in [0, 0.05) is 16.8 Å². The van der Waals surface area contributed by atoms with Gasteiger partial charge < -0.3 is 10.4 Å². The quantitative estimate of drug-likeness (QED) is 0.889. The standard InChI is InChI=1S/C13H14N2O2S/c1-8-5-10(13(16)17)3-4-11(8)14-6-12-15-9(2)7-18-12/h3-5,7,14H,6H2,1-2H3,(H,16,17). The number of aromatic nitrogens is 1. The molecular weight excluding hydrogens is 248 g/mol. The van der Waals surface area contributed by atoms with Crippen LogP contribution in [-0.2, 0) is 6.54 Å². The third-order valence-corrected chi connectivity index (χ3v) is 3.54. The van der Waals surface area contributed by atoms with Gasteiger partial charge >= 0.3 is 5.97 Å². The number of anilines is 1. The topological polar surface area (TPSA) is 62.2 Å². The van der Waals surface area contributed by atoms with Crippen LogP contribution < -0.4 is 5.32 Å². The zero-order valence-corrected chi connectivity index (χ0v) is 11.0. The molecule has 2 rings (SSSR count). The molecule has 0 aliphatic carbocycles. The maximum Gasteiger partial charge on any atom is 0.335 e. The van der Waals surface area contributed by atoms with Gasteiger partial charge in [-0.3, -0.25) is 0 Å². The second-order valence-electron chi connectivity index (χ2n) is 4.07. The molecule has 0 atom stereocenters. The van der Waals surface area contributed by atoms with Gasteiger partial charge in [-0.25, -0.2) is 9.78 Å². The minimum Gasteiger partial charge on any atom is -0.478 e. The lowest BCUT2D eigenvalue weighted by Gasteiger charge is -2.08. The van der Waals surface area contributed by atoms with Crippen molar-refractivity contribution in [3.63, 3.8) is 0 Å². The predicted octanol–water partition coefficient (Wildman–Crippen LogP) is 3.07. The molecule has 0 aliphatic heterocycles. The van der Waals surface area contributed by atoms with Crippen LogP contribution in [0.4, 0.5) is 5.69 Å². The Balaban J connectivity index is 2.08. The molecule has 4 nitrogen and oxygen atoms in total. The van der Waals surface area contributed by atoms with Gasteiger partial charge in [0.25, 0.3) is 0 Å². The van der Waals surface area contributed by atoms with Crippen LogP contribution >= 0.6 is 11.3 Å². The molecule has 0 spiro atoms. The highest BCUT2D eigenvalue weighted by Crippen LogP contribution is 2.18. The van der Waals surface area contributed by atoms with Gasteiger partial charge in [-0.05, 0) is 37.6 Å². The fraction of sp³-hybridized carbons (Fsp3) is 0.231. The number of carboxylic acid groups (broad SMARTS) is 1. The molecule has 0 saturated carbocycles. The zero-order chi connectivity index (χ0) is 13.1. The van der Waals surface area contributed by atoms with E-state index in [0.29, 0.717) is 12.1 Å². The van der Waals surface area contributed by atoms with Crippen LogP contribution in [0.2, 0.25) is 0 Å². The van der Waals surface area contributed by atoms with Crippen molar-refractivity contribution in [3.8, 4) is 0 Å². The summed E-state index contributed by atoms with van der Waals surface area (Å²) < 4.78 is 0. The summed E-state index contributed by atoms with van der Waals surface area (Å²) in [5, 5.41) is 15.2. The fourth-order valence-corrected chi connectivity index (χ4v) is 2.36. The molecule has 94 valence electrons. The molecule has 0 unspecified atom stereocenters. The summed E-state index contributed by atoms with van der Waals surface area (Å²) in [6.45, 7) is 4.51. The number of benzene rings is 1. The predicted molar refractivity (Wildman–Crippen MR) is 72.3 cm³/mol. The molecule has 18 heavy (non-hydrogen) atoms. The van der Waals surface area contributed by atoms with Crippen molar-refractivity contribution >= 4 is 23.0 Å². The molecule has 0 amide bonds. The van der Waals surface area contributed by atoms with Crippen LogP contribution in [-0.4, -0.2) is 16.1 Å². The minimum absolute atomic E-state index is 0.308. The highest BCUT2D eigenvalue weighted by molar-refractivity contribution is 7.09. The first-order chi connectivity index (χ1) is 8.56. The number of nitrogens with one attached hydrogen (secondary N) is 1. The van der Waals surface area contributed by atoms with E-state index in [-0.39, 0.29) is 0 Å². The van der Waals surface area contributed by atoms with Crippen LogP contribution in [0.15, 0.2) is 23.6 Å². The van der Waals surface area contributed by atoms with E-state index in [0.717, 1.165) is 22.0 Å². The van der Waals surface area contributed by atoms with E-state index in [2.05, 4.69) is 10.3 Å². The number of hydrogen-bond acceptors (Lipinski definition) is 4. The summed E-state index contributed by atoms with van der Waals surface area (Å²) in [6.07, 6.45) is 0. The van der Waals surface area contributed by atoms with Gasteiger partial charge in [-0.2, -0.15) is 0 Å². The summed E-state index contributed by atoms with van der Waals surface area (Å²) in [7, 11) is 0. The Morgan fingerprint density at radius 2 is 2.22 bits per heavy atom. The number of aromatic carboxylic acids is 1. The lowest BCUT2D eigenvalue weighted by molar-refractivity contribution is 0.0697. The van der Waals surface area contributed by atoms with Crippen LogP contribution in [0.25, 0.3) is 0 Å². The molecule has 1 aromatic carbocycles. The van der Waals surface area contributed by atoms with E-state index < -0.39 is 5.97 Å². The Kier molecular flexibility index (Phi) is 3.62. The molecule has 0 aliphatic rings. The van der Waals surface area contributed by atoms with Crippen LogP contribution in [0.1, 0.15) is 26.6 Å². The van der Waals surface area contributed by atoms with E-state index in [1.54, 1.807) is 29.5 Å². The molecule has 2 N–H and O–H groups in total. The molecule has 0 saturated heterocycles. The number of carboxylic acids is 1. The first-order valence-electron chi connectivity index (χ1n) is 5.55. The number of rotatable bonds is 4. The number of nitrogens with zero attached hydrogens (tertiary/aromatic N) is 1. The Bertz CT molecular complexity index is 578. The van der Waals surface area contributed by atoms with Gasteiger partial charge in [-0.15, -0.1) is 11.3 Å². The molecule has 1 aromatic heterocycles. The molecule has 0 bridgehead atoms. The number of hydrogen-bond donors (Lipinski definition) is 2. The Morgan fingerprint density at radius 1 is 1.44 bits per heavy atom. The van der Waals surface area contributed by atoms with Crippen molar-refractivity contribution in [2.75, 3.05) is 5.32 Å². The maximum absolute atomic E-state index is 10.8. The van der Waals surface area contributed by atoms with Crippen molar-refractivity contribution in [3.05, 3.63) is 45.4 Å². The van der Waals surface area contributed by atoms with Gasteiger partial charge in [0.05, 0.1) is 12.1 Å². The summed E-state index contributed by atoms with van der Waals surface area (Å²) in [5.74, 6) is -0.903. The van der Waals surface area contributed by atoms with E-state index in [4.69, 9.17) is 5.11 Å². The van der Waals surface area contributed by atoms with Gasteiger partial charge in [0.2, 0.25) is 0 Å². The Labute approximate surface area is 109 Å². The van der Waals surface area contributed by atoms with Gasteiger partial charge in [0.1, 0.15) is 5.01 Å². The van der Waals surface area contributed by atoms with Gasteiger partial charge in [0.15, 0.2) is 0 Å². The highest BCUT2D eigenvalue weighted by atomic mass is 32.1. The lowest BCUT2D eigenvalue weighted by atomic mass is 10.1. The monoisotopic (exact) mass is 262 g/mol. The molecule has 0 radical (unpaired) electrons. The Hall–Kier alpha value is -1.88. The molecule has 2 aromatic rings. The minimum atomic E-state index is -0.903. The number of thiazole rings is 1. The largest absolute Gasteiger partial charge is 0.478 e. The van der Waals surface area contributed by atoms with Crippen LogP contribution in [0.5, 0.6) is 0 Å². The van der Waals surface area contributed by atoms with E-state index in [9.17, 15) is 4.79 Å². The number of carbonyl (C=O) groups is 1. The van der Waals surface area contributed by atoms with Crippen molar-refractivity contribution in [2.24, 2.45) is 0 Å². The summed E-state index contributed by atoms with van der Waals surface area (Å²) >= 11 is 1.61. The molecule has 5 heteroatoms. The van der Waals surface area contributed by atoms with Crippen molar-refractivity contribution in [2.45, 2.75) is 20.4 Å². The first kappa shape index (κ1) is 12.6. The maximum atomic E-state index is 10.8. The summed E-state index contributed by atoms with van der Waals surface area (Å²) in [4.78, 5) is 15.2. The third kappa shape index (κ3) is 2.87. The van der Waals surface area contributed by atoms with Gasteiger partial charge in [-0.1, -0.05) is 0 Å². The van der Waals surface area contributed by atoms with E-state index in [1.807, 2.05) is 19.2 Å². The lowest BCUT2D eigenvalue weighted by Crippen LogP contribution is -2.03. The average molecular weight is 262 g/mol. The normalized spacial score (nSPS) is 10.3. The summed E-state index contributed by atoms with van der Waals surface area (Å²) in [5.41, 5.74) is 3.19. The Morgan fingerprint density at radius 3 is 2.78 bits per heavy atom. The zero-order valence-electron chi connectivity index (χ0n) is 10.2. The van der Waals surface area contributed by atoms with Crippen LogP contribution in [0, 0.1) is 13.8 Å². The highest BCUT2D eigenvalue weighted by Gasteiger charge is 2.06. The van der Waals surface area contributed by atoms with Crippen molar-refractivity contribution in [1.29, 1.82) is 0 Å². The second-order valence-corrected chi connectivity index (χ2v) is 5.01. The van der Waals surface area contributed by atoms with Crippen molar-refractivity contribution in [1.82, 2.24) is 4.98 Å². The molecule has 0 fully saturated rings. The smallest absolute Gasteiger partial charge is 0.335 e. The van der Waals surface area contributed by atoms with E-state index in [1.165, 1.54) is 0 Å².